The van der Waals surface area contributed by atoms with Crippen LogP contribution < -0.4 is 0 Å². The largest absolute Gasteiger partial charge is 0.396 e. The highest BCUT2D eigenvalue weighted by atomic mass is 35.5. The lowest BCUT2D eigenvalue weighted by Gasteiger charge is -2.08. The van der Waals surface area contributed by atoms with E-state index in [4.69, 9.17) is 16.7 Å². The first kappa shape index (κ1) is 11.2. The molecular formula is C9H19ClO. The molecule has 0 aliphatic rings. The fourth-order valence-electron chi connectivity index (χ4n) is 1.17. The summed E-state index contributed by atoms with van der Waals surface area (Å²) in [5.74, 6) is 1.56. The van der Waals surface area contributed by atoms with Gasteiger partial charge < -0.3 is 5.11 Å². The molecule has 0 spiro atoms. The second-order valence-electron chi connectivity index (χ2n) is 3.16. The summed E-state index contributed by atoms with van der Waals surface area (Å²) >= 11 is 5.57. The zero-order valence-corrected chi connectivity index (χ0v) is 8.11. The molecule has 68 valence electrons. The van der Waals surface area contributed by atoms with E-state index in [1.165, 1.54) is 12.8 Å². The molecule has 0 heterocycles. The summed E-state index contributed by atoms with van der Waals surface area (Å²) in [6.07, 6.45) is 5.69. The van der Waals surface area contributed by atoms with Crippen LogP contribution in [0.1, 0.15) is 39.0 Å². The standard InChI is InChI=1S/C9H19ClO/c1-9(6-4-7-10)5-2-3-8-11/h9,11H,2-8H2,1H3/t9-/m1/s1. The van der Waals surface area contributed by atoms with Gasteiger partial charge in [-0.3, -0.25) is 0 Å². The first-order valence-electron chi connectivity index (χ1n) is 4.48. The van der Waals surface area contributed by atoms with Crippen molar-refractivity contribution in [1.29, 1.82) is 0 Å². The number of aliphatic hydroxyl groups is 1. The predicted octanol–water partition coefficient (Wildman–Crippen LogP) is 2.80. The van der Waals surface area contributed by atoms with Gasteiger partial charge in [-0.1, -0.05) is 19.8 Å². The van der Waals surface area contributed by atoms with Gasteiger partial charge in [-0.25, -0.2) is 0 Å². The van der Waals surface area contributed by atoms with Gasteiger partial charge in [0.2, 0.25) is 0 Å². The Labute approximate surface area is 74.8 Å². The second kappa shape index (κ2) is 8.35. The number of hydrogen-bond donors (Lipinski definition) is 1. The van der Waals surface area contributed by atoms with Gasteiger partial charge in [0.1, 0.15) is 0 Å². The molecule has 1 nitrogen and oxygen atoms in total. The van der Waals surface area contributed by atoms with Gasteiger partial charge in [-0.2, -0.15) is 0 Å². The molecule has 0 bridgehead atoms. The van der Waals surface area contributed by atoms with E-state index in [1.807, 2.05) is 0 Å². The third-order valence-corrected chi connectivity index (χ3v) is 2.20. The van der Waals surface area contributed by atoms with E-state index in [0.717, 1.165) is 31.1 Å². The Balaban J connectivity index is 3.02. The van der Waals surface area contributed by atoms with E-state index < -0.39 is 0 Å². The van der Waals surface area contributed by atoms with Crippen LogP contribution in [-0.2, 0) is 0 Å². The maximum atomic E-state index is 8.53. The number of alkyl halides is 1. The van der Waals surface area contributed by atoms with Crippen molar-refractivity contribution in [3.8, 4) is 0 Å². The molecule has 0 saturated carbocycles. The van der Waals surface area contributed by atoms with Crippen LogP contribution in [0.4, 0.5) is 0 Å². The van der Waals surface area contributed by atoms with E-state index >= 15 is 0 Å². The van der Waals surface area contributed by atoms with Crippen molar-refractivity contribution in [2.24, 2.45) is 5.92 Å². The highest BCUT2D eigenvalue weighted by molar-refractivity contribution is 6.17. The minimum absolute atomic E-state index is 0.336. The smallest absolute Gasteiger partial charge is 0.0431 e. The maximum absolute atomic E-state index is 8.53. The number of unbranched alkanes of at least 4 members (excludes halogenated alkanes) is 1. The first-order valence-corrected chi connectivity index (χ1v) is 5.01. The van der Waals surface area contributed by atoms with Crippen molar-refractivity contribution in [3.05, 3.63) is 0 Å². The van der Waals surface area contributed by atoms with Crippen LogP contribution in [-0.4, -0.2) is 17.6 Å². The summed E-state index contributed by atoms with van der Waals surface area (Å²) in [7, 11) is 0. The third-order valence-electron chi connectivity index (χ3n) is 1.94. The van der Waals surface area contributed by atoms with Gasteiger partial charge in [0.05, 0.1) is 0 Å². The van der Waals surface area contributed by atoms with E-state index in [2.05, 4.69) is 6.92 Å². The van der Waals surface area contributed by atoms with Crippen LogP contribution in [0.25, 0.3) is 0 Å². The highest BCUT2D eigenvalue weighted by Crippen LogP contribution is 2.13. The van der Waals surface area contributed by atoms with Crippen LogP contribution in [0, 0.1) is 5.92 Å². The topological polar surface area (TPSA) is 20.2 Å². The lowest BCUT2D eigenvalue weighted by molar-refractivity contribution is 0.278. The molecule has 11 heavy (non-hydrogen) atoms. The Morgan fingerprint density at radius 2 is 1.82 bits per heavy atom. The van der Waals surface area contributed by atoms with Crippen molar-refractivity contribution in [1.82, 2.24) is 0 Å². The van der Waals surface area contributed by atoms with Crippen LogP contribution in [0.5, 0.6) is 0 Å². The molecule has 0 aromatic rings. The van der Waals surface area contributed by atoms with Crippen LogP contribution in [0.3, 0.4) is 0 Å². The van der Waals surface area contributed by atoms with Crippen molar-refractivity contribution in [3.63, 3.8) is 0 Å². The van der Waals surface area contributed by atoms with E-state index in [9.17, 15) is 0 Å². The zero-order valence-electron chi connectivity index (χ0n) is 7.35. The molecule has 1 atom stereocenters. The normalized spacial score (nSPS) is 13.4. The summed E-state index contributed by atoms with van der Waals surface area (Å²) in [5.41, 5.74) is 0. The second-order valence-corrected chi connectivity index (χ2v) is 3.53. The molecule has 1 N–H and O–H groups in total. The van der Waals surface area contributed by atoms with Crippen molar-refractivity contribution >= 4 is 11.6 Å². The van der Waals surface area contributed by atoms with E-state index in [1.54, 1.807) is 0 Å². The molecule has 0 radical (unpaired) electrons. The Kier molecular flexibility index (Phi) is 8.54. The zero-order chi connectivity index (χ0) is 8.53. The molecule has 0 fully saturated rings. The van der Waals surface area contributed by atoms with Gasteiger partial charge in [0.15, 0.2) is 0 Å². The Bertz CT molecular complexity index is 76.0. The average molecular weight is 179 g/mol. The van der Waals surface area contributed by atoms with Gasteiger partial charge in [-0.15, -0.1) is 11.6 Å². The third kappa shape index (κ3) is 8.15. The van der Waals surface area contributed by atoms with Gasteiger partial charge in [0, 0.05) is 12.5 Å². The Morgan fingerprint density at radius 3 is 2.36 bits per heavy atom. The molecule has 0 saturated heterocycles. The molecule has 0 aromatic carbocycles. The number of halogens is 1. The molecule has 0 aliphatic carbocycles. The molecule has 0 unspecified atom stereocenters. The number of aliphatic hydroxyl groups excluding tert-OH is 1. The Morgan fingerprint density at radius 1 is 1.18 bits per heavy atom. The summed E-state index contributed by atoms with van der Waals surface area (Å²) in [4.78, 5) is 0. The van der Waals surface area contributed by atoms with E-state index in [-0.39, 0.29) is 0 Å². The monoisotopic (exact) mass is 178 g/mol. The van der Waals surface area contributed by atoms with E-state index in [0.29, 0.717) is 6.61 Å². The minimum atomic E-state index is 0.336. The fraction of sp³-hybridized carbons (Fsp3) is 1.00. The average Bonchev–Trinajstić information content (AvgIpc) is 2.01. The van der Waals surface area contributed by atoms with Gasteiger partial charge >= 0.3 is 0 Å². The van der Waals surface area contributed by atoms with Crippen LogP contribution in [0.15, 0.2) is 0 Å². The predicted molar refractivity (Wildman–Crippen MR) is 50.1 cm³/mol. The maximum Gasteiger partial charge on any atom is 0.0431 e. The molecular weight excluding hydrogens is 160 g/mol. The SMILES string of the molecule is C[C@@H](CCCCl)CCCCO. The molecule has 0 aromatic heterocycles. The summed E-state index contributed by atoms with van der Waals surface area (Å²) in [5, 5.41) is 8.53. The summed E-state index contributed by atoms with van der Waals surface area (Å²) in [6, 6.07) is 0. The van der Waals surface area contributed by atoms with Gasteiger partial charge in [-0.05, 0) is 25.2 Å². The number of rotatable bonds is 7. The molecule has 0 amide bonds. The lowest BCUT2D eigenvalue weighted by atomic mass is 9.99. The molecule has 0 aliphatic heterocycles. The Hall–Kier alpha value is 0.250. The molecule has 2 heteroatoms. The minimum Gasteiger partial charge on any atom is -0.396 e. The summed E-state index contributed by atoms with van der Waals surface area (Å²) in [6.45, 7) is 2.59. The van der Waals surface area contributed by atoms with Crippen LogP contribution in [0.2, 0.25) is 0 Å². The summed E-state index contributed by atoms with van der Waals surface area (Å²) < 4.78 is 0. The molecule has 0 rings (SSSR count). The van der Waals surface area contributed by atoms with Crippen molar-refractivity contribution in [2.75, 3.05) is 12.5 Å². The lowest BCUT2D eigenvalue weighted by Crippen LogP contribution is -1.96. The first-order chi connectivity index (χ1) is 5.31. The van der Waals surface area contributed by atoms with Crippen LogP contribution >= 0.6 is 11.6 Å². The van der Waals surface area contributed by atoms with Crippen molar-refractivity contribution in [2.45, 2.75) is 39.0 Å². The quantitative estimate of drug-likeness (QED) is 0.470. The fourth-order valence-corrected chi connectivity index (χ4v) is 1.33. The van der Waals surface area contributed by atoms with Crippen molar-refractivity contribution < 1.29 is 5.11 Å². The highest BCUT2D eigenvalue weighted by Gasteiger charge is 2.00. The number of hydrogen-bond acceptors (Lipinski definition) is 1. The van der Waals surface area contributed by atoms with Gasteiger partial charge in [0.25, 0.3) is 0 Å².